The normalized spacial score (nSPS) is 9.67. The molecule has 0 spiro atoms. The average Bonchev–Trinajstić information content (AvgIpc) is 2.03. The fraction of sp³-hybridized carbons (Fsp3) is 0.222. The maximum absolute atomic E-state index is 5.72. The van der Waals surface area contributed by atoms with Gasteiger partial charge >= 0.3 is 0 Å². The summed E-state index contributed by atoms with van der Waals surface area (Å²) in [5.74, 6) is 0. The van der Waals surface area contributed by atoms with Crippen molar-refractivity contribution < 1.29 is 0 Å². The molecule has 0 heterocycles. The number of benzene rings is 1. The number of nitrogens with two attached hydrogens (primary N) is 2. The van der Waals surface area contributed by atoms with Crippen molar-refractivity contribution in [3.63, 3.8) is 0 Å². The third-order valence-corrected chi connectivity index (χ3v) is 1.90. The molecule has 0 unspecified atom stereocenters. The first kappa shape index (κ1) is 9.00. The van der Waals surface area contributed by atoms with Crippen LogP contribution in [0.4, 0.5) is 5.69 Å². The highest BCUT2D eigenvalue weighted by atomic mass is 32.1. The van der Waals surface area contributed by atoms with Crippen molar-refractivity contribution in [1.82, 2.24) is 0 Å². The summed E-state index contributed by atoms with van der Waals surface area (Å²) in [4.78, 5) is 0.540. The third-order valence-electron chi connectivity index (χ3n) is 1.70. The van der Waals surface area contributed by atoms with Gasteiger partial charge in [-0.05, 0) is 18.1 Å². The van der Waals surface area contributed by atoms with E-state index in [-0.39, 0.29) is 0 Å². The Bertz CT molecular complexity index is 284. The molecule has 0 amide bonds. The zero-order valence-corrected chi connectivity index (χ0v) is 7.60. The van der Waals surface area contributed by atoms with Crippen LogP contribution < -0.4 is 11.5 Å². The van der Waals surface area contributed by atoms with Gasteiger partial charge in [0.25, 0.3) is 0 Å². The minimum atomic E-state index is 0.540. The fourth-order valence-electron chi connectivity index (χ4n) is 1.02. The van der Waals surface area contributed by atoms with Gasteiger partial charge in [-0.25, -0.2) is 0 Å². The summed E-state index contributed by atoms with van der Waals surface area (Å²) < 4.78 is 0. The molecule has 0 aliphatic carbocycles. The Labute approximate surface area is 77.6 Å². The van der Waals surface area contributed by atoms with E-state index in [2.05, 4.69) is 0 Å². The zero-order chi connectivity index (χ0) is 8.97. The van der Waals surface area contributed by atoms with Crippen molar-refractivity contribution in [2.24, 2.45) is 5.73 Å². The van der Waals surface area contributed by atoms with Crippen LogP contribution in [0, 0.1) is 0 Å². The van der Waals surface area contributed by atoms with E-state index in [4.69, 9.17) is 23.7 Å². The van der Waals surface area contributed by atoms with Gasteiger partial charge in [0.05, 0.1) is 4.99 Å². The number of para-hydroxylation sites is 1. The number of nitrogen functional groups attached to an aromatic ring is 1. The van der Waals surface area contributed by atoms with Gasteiger partial charge in [-0.15, -0.1) is 0 Å². The van der Waals surface area contributed by atoms with Gasteiger partial charge in [0, 0.05) is 12.1 Å². The Kier molecular flexibility index (Phi) is 3.05. The molecule has 0 radical (unpaired) electrons. The third kappa shape index (κ3) is 2.51. The molecule has 12 heavy (non-hydrogen) atoms. The molecular weight excluding hydrogens is 168 g/mol. The summed E-state index contributed by atoms with van der Waals surface area (Å²) in [5, 5.41) is 0. The minimum absolute atomic E-state index is 0.540. The van der Waals surface area contributed by atoms with Crippen LogP contribution in [-0.2, 0) is 6.42 Å². The number of hydrogen-bond acceptors (Lipinski definition) is 2. The molecule has 1 rings (SSSR count). The number of anilines is 1. The lowest BCUT2D eigenvalue weighted by atomic mass is 10.1. The number of thiocarbonyl (C=S) groups is 1. The van der Waals surface area contributed by atoms with E-state index in [0.29, 0.717) is 4.99 Å². The predicted octanol–water partition coefficient (Wildman–Crippen LogP) is 1.49. The maximum Gasteiger partial charge on any atom is 0.0730 e. The van der Waals surface area contributed by atoms with Crippen LogP contribution in [0.15, 0.2) is 24.3 Å². The van der Waals surface area contributed by atoms with E-state index in [1.807, 2.05) is 24.3 Å². The Morgan fingerprint density at radius 3 is 2.58 bits per heavy atom. The summed E-state index contributed by atoms with van der Waals surface area (Å²) in [6.45, 7) is 0. The van der Waals surface area contributed by atoms with Crippen LogP contribution in [0.1, 0.15) is 12.0 Å². The highest BCUT2D eigenvalue weighted by Gasteiger charge is 1.97. The molecule has 1 aromatic carbocycles. The van der Waals surface area contributed by atoms with E-state index in [1.54, 1.807) is 0 Å². The van der Waals surface area contributed by atoms with Crippen LogP contribution in [0.3, 0.4) is 0 Å². The van der Waals surface area contributed by atoms with Crippen LogP contribution >= 0.6 is 12.2 Å². The zero-order valence-electron chi connectivity index (χ0n) is 6.79. The summed E-state index contributed by atoms with van der Waals surface area (Å²) in [6, 6.07) is 7.76. The maximum atomic E-state index is 5.72. The molecule has 0 aliphatic heterocycles. The predicted molar refractivity (Wildman–Crippen MR) is 56.0 cm³/mol. The number of hydrogen-bond donors (Lipinski definition) is 2. The molecule has 3 heteroatoms. The average molecular weight is 180 g/mol. The van der Waals surface area contributed by atoms with Crippen molar-refractivity contribution in [3.8, 4) is 0 Å². The van der Waals surface area contributed by atoms with E-state index >= 15 is 0 Å². The molecule has 1 aromatic rings. The van der Waals surface area contributed by atoms with Gasteiger partial charge in [-0.2, -0.15) is 0 Å². The molecule has 0 bridgehead atoms. The Balaban J connectivity index is 2.63. The van der Waals surface area contributed by atoms with Gasteiger partial charge in [-0.3, -0.25) is 0 Å². The lowest BCUT2D eigenvalue weighted by molar-refractivity contribution is 1.05. The van der Waals surface area contributed by atoms with Crippen molar-refractivity contribution in [3.05, 3.63) is 29.8 Å². The molecule has 2 nitrogen and oxygen atoms in total. The minimum Gasteiger partial charge on any atom is -0.399 e. The first-order valence-corrected chi connectivity index (χ1v) is 4.22. The van der Waals surface area contributed by atoms with Crippen LogP contribution in [0.5, 0.6) is 0 Å². The van der Waals surface area contributed by atoms with Gasteiger partial charge < -0.3 is 11.5 Å². The van der Waals surface area contributed by atoms with Crippen LogP contribution in [0.25, 0.3) is 0 Å². The number of rotatable bonds is 3. The second-order valence-electron chi connectivity index (χ2n) is 2.67. The van der Waals surface area contributed by atoms with Crippen LogP contribution in [0.2, 0.25) is 0 Å². The van der Waals surface area contributed by atoms with E-state index in [0.717, 1.165) is 24.1 Å². The highest BCUT2D eigenvalue weighted by Crippen LogP contribution is 2.12. The van der Waals surface area contributed by atoms with Gasteiger partial charge in [0.15, 0.2) is 0 Å². The summed E-state index contributed by atoms with van der Waals surface area (Å²) in [6.07, 6.45) is 1.56. The first-order chi connectivity index (χ1) is 5.70. The molecule has 0 saturated heterocycles. The summed E-state index contributed by atoms with van der Waals surface area (Å²) in [7, 11) is 0. The largest absolute Gasteiger partial charge is 0.399 e. The molecule has 0 saturated carbocycles. The Hall–Kier alpha value is -1.09. The molecule has 0 atom stereocenters. The lowest BCUT2D eigenvalue weighted by Crippen LogP contribution is -2.09. The van der Waals surface area contributed by atoms with Crippen molar-refractivity contribution in [2.75, 3.05) is 5.73 Å². The van der Waals surface area contributed by atoms with Gasteiger partial charge in [0.2, 0.25) is 0 Å². The monoisotopic (exact) mass is 180 g/mol. The molecule has 0 aromatic heterocycles. The number of aryl methyl sites for hydroxylation is 1. The molecule has 0 fully saturated rings. The molecular formula is C9H12N2S. The SMILES string of the molecule is NC(=S)CCc1ccccc1N. The summed E-state index contributed by atoms with van der Waals surface area (Å²) in [5.41, 5.74) is 13.0. The standard InChI is InChI=1S/C9H12N2S/c10-8-4-2-1-3-7(8)5-6-9(11)12/h1-4H,5-6,10H2,(H2,11,12). The molecule has 4 N–H and O–H groups in total. The Morgan fingerprint density at radius 2 is 2.00 bits per heavy atom. The quantitative estimate of drug-likeness (QED) is 0.547. The topological polar surface area (TPSA) is 52.0 Å². The van der Waals surface area contributed by atoms with Crippen LogP contribution in [-0.4, -0.2) is 4.99 Å². The highest BCUT2D eigenvalue weighted by molar-refractivity contribution is 7.80. The molecule has 0 aliphatic rings. The van der Waals surface area contributed by atoms with Crippen molar-refractivity contribution in [1.29, 1.82) is 0 Å². The van der Waals surface area contributed by atoms with E-state index in [9.17, 15) is 0 Å². The van der Waals surface area contributed by atoms with Gasteiger partial charge in [0.1, 0.15) is 0 Å². The fourth-order valence-corrected chi connectivity index (χ4v) is 1.12. The van der Waals surface area contributed by atoms with E-state index in [1.165, 1.54) is 0 Å². The lowest BCUT2D eigenvalue weighted by Gasteiger charge is -2.03. The summed E-state index contributed by atoms with van der Waals surface area (Å²) >= 11 is 4.77. The second kappa shape index (κ2) is 4.07. The second-order valence-corrected chi connectivity index (χ2v) is 3.19. The smallest absolute Gasteiger partial charge is 0.0730 e. The van der Waals surface area contributed by atoms with Crippen molar-refractivity contribution in [2.45, 2.75) is 12.8 Å². The Morgan fingerprint density at radius 1 is 1.33 bits per heavy atom. The molecule has 64 valence electrons. The van der Waals surface area contributed by atoms with Crippen molar-refractivity contribution >= 4 is 22.9 Å². The van der Waals surface area contributed by atoms with Gasteiger partial charge in [-0.1, -0.05) is 30.4 Å². The van der Waals surface area contributed by atoms with E-state index < -0.39 is 0 Å². The first-order valence-electron chi connectivity index (χ1n) is 3.82.